The standard InChI is InChI=1S/C10H23NO2/c1-4-10(2,11)9-13-8-6-5-7-12-3/h4-9,11H2,1-3H3. The summed E-state index contributed by atoms with van der Waals surface area (Å²) in [5.74, 6) is 0. The van der Waals surface area contributed by atoms with Crippen molar-refractivity contribution in [3.63, 3.8) is 0 Å². The third-order valence-corrected chi connectivity index (χ3v) is 2.13. The molecular formula is C10H23NO2. The van der Waals surface area contributed by atoms with Gasteiger partial charge in [0.2, 0.25) is 0 Å². The molecule has 0 bridgehead atoms. The lowest BCUT2D eigenvalue weighted by molar-refractivity contribution is 0.0815. The Morgan fingerprint density at radius 1 is 1.23 bits per heavy atom. The summed E-state index contributed by atoms with van der Waals surface area (Å²) in [6.07, 6.45) is 3.06. The molecule has 0 aliphatic rings. The molecule has 0 spiro atoms. The highest BCUT2D eigenvalue weighted by atomic mass is 16.5. The van der Waals surface area contributed by atoms with Crippen LogP contribution in [0, 0.1) is 0 Å². The first-order chi connectivity index (χ1) is 6.12. The molecule has 0 heterocycles. The molecule has 0 saturated heterocycles. The van der Waals surface area contributed by atoms with Crippen LogP contribution < -0.4 is 5.73 Å². The minimum atomic E-state index is -0.165. The zero-order chi connectivity index (χ0) is 10.2. The highest BCUT2D eigenvalue weighted by Gasteiger charge is 2.14. The van der Waals surface area contributed by atoms with Crippen molar-refractivity contribution in [3.8, 4) is 0 Å². The Morgan fingerprint density at radius 3 is 2.38 bits per heavy atom. The summed E-state index contributed by atoms with van der Waals surface area (Å²) in [7, 11) is 1.72. The van der Waals surface area contributed by atoms with Crippen LogP contribution >= 0.6 is 0 Å². The van der Waals surface area contributed by atoms with Crippen LogP contribution in [0.25, 0.3) is 0 Å². The number of hydrogen-bond donors (Lipinski definition) is 1. The van der Waals surface area contributed by atoms with Crippen LogP contribution in [0.2, 0.25) is 0 Å². The van der Waals surface area contributed by atoms with E-state index < -0.39 is 0 Å². The first-order valence-corrected chi connectivity index (χ1v) is 4.98. The van der Waals surface area contributed by atoms with Crippen molar-refractivity contribution in [1.82, 2.24) is 0 Å². The minimum Gasteiger partial charge on any atom is -0.385 e. The van der Waals surface area contributed by atoms with Gasteiger partial charge in [0, 0.05) is 25.9 Å². The Kier molecular flexibility index (Phi) is 7.23. The second-order valence-electron chi connectivity index (χ2n) is 3.76. The molecule has 0 aromatic rings. The van der Waals surface area contributed by atoms with Gasteiger partial charge in [-0.15, -0.1) is 0 Å². The molecule has 0 saturated carbocycles. The SMILES string of the molecule is CCC(C)(N)COCCCCOC. The van der Waals surface area contributed by atoms with Crippen molar-refractivity contribution in [2.24, 2.45) is 5.73 Å². The monoisotopic (exact) mass is 189 g/mol. The quantitative estimate of drug-likeness (QED) is 0.589. The maximum absolute atomic E-state index is 5.91. The normalized spacial score (nSPS) is 15.7. The van der Waals surface area contributed by atoms with Crippen LogP contribution in [0.5, 0.6) is 0 Å². The van der Waals surface area contributed by atoms with Gasteiger partial charge in [0.05, 0.1) is 6.61 Å². The fourth-order valence-corrected chi connectivity index (χ4v) is 0.858. The Balaban J connectivity index is 3.16. The molecule has 13 heavy (non-hydrogen) atoms. The Bertz CT molecular complexity index is 115. The van der Waals surface area contributed by atoms with E-state index in [0.29, 0.717) is 6.61 Å². The first kappa shape index (κ1) is 12.9. The van der Waals surface area contributed by atoms with E-state index in [1.54, 1.807) is 7.11 Å². The zero-order valence-electron chi connectivity index (χ0n) is 9.14. The molecule has 0 fully saturated rings. The summed E-state index contributed by atoms with van der Waals surface area (Å²) in [6, 6.07) is 0. The van der Waals surface area contributed by atoms with Gasteiger partial charge in [-0.25, -0.2) is 0 Å². The maximum Gasteiger partial charge on any atom is 0.0643 e. The predicted molar refractivity (Wildman–Crippen MR) is 54.8 cm³/mol. The molecule has 1 atom stereocenters. The lowest BCUT2D eigenvalue weighted by Gasteiger charge is -2.22. The van der Waals surface area contributed by atoms with Gasteiger partial charge in [-0.1, -0.05) is 6.92 Å². The largest absolute Gasteiger partial charge is 0.385 e. The molecule has 0 amide bonds. The fourth-order valence-electron chi connectivity index (χ4n) is 0.858. The second kappa shape index (κ2) is 7.30. The van der Waals surface area contributed by atoms with Crippen molar-refractivity contribution in [2.75, 3.05) is 26.9 Å². The van der Waals surface area contributed by atoms with Crippen LogP contribution in [-0.2, 0) is 9.47 Å². The zero-order valence-corrected chi connectivity index (χ0v) is 9.14. The van der Waals surface area contributed by atoms with Gasteiger partial charge < -0.3 is 15.2 Å². The third-order valence-electron chi connectivity index (χ3n) is 2.13. The molecule has 0 aliphatic heterocycles. The topological polar surface area (TPSA) is 44.5 Å². The van der Waals surface area contributed by atoms with E-state index >= 15 is 0 Å². The van der Waals surface area contributed by atoms with E-state index in [9.17, 15) is 0 Å². The van der Waals surface area contributed by atoms with E-state index in [2.05, 4.69) is 6.92 Å². The predicted octanol–water partition coefficient (Wildman–Crippen LogP) is 1.56. The smallest absolute Gasteiger partial charge is 0.0643 e. The average Bonchev–Trinajstić information content (AvgIpc) is 2.11. The van der Waals surface area contributed by atoms with Crippen LogP contribution in [0.15, 0.2) is 0 Å². The van der Waals surface area contributed by atoms with Gasteiger partial charge in [-0.3, -0.25) is 0 Å². The molecule has 0 aliphatic carbocycles. The number of ether oxygens (including phenoxy) is 2. The van der Waals surface area contributed by atoms with Gasteiger partial charge in [-0.2, -0.15) is 0 Å². The van der Waals surface area contributed by atoms with Gasteiger partial charge in [0.25, 0.3) is 0 Å². The van der Waals surface area contributed by atoms with Crippen LogP contribution in [0.1, 0.15) is 33.1 Å². The van der Waals surface area contributed by atoms with E-state index in [4.69, 9.17) is 15.2 Å². The Hall–Kier alpha value is -0.120. The summed E-state index contributed by atoms with van der Waals surface area (Å²) in [5.41, 5.74) is 5.74. The fraction of sp³-hybridized carbons (Fsp3) is 1.00. The third kappa shape index (κ3) is 8.22. The van der Waals surface area contributed by atoms with Gasteiger partial charge in [0.1, 0.15) is 0 Å². The lowest BCUT2D eigenvalue weighted by Crippen LogP contribution is -2.40. The lowest BCUT2D eigenvalue weighted by atomic mass is 10.0. The van der Waals surface area contributed by atoms with Crippen molar-refractivity contribution >= 4 is 0 Å². The molecule has 1 unspecified atom stereocenters. The average molecular weight is 189 g/mol. The first-order valence-electron chi connectivity index (χ1n) is 4.98. The van der Waals surface area contributed by atoms with Gasteiger partial charge in [-0.05, 0) is 26.2 Å². The molecule has 80 valence electrons. The number of rotatable bonds is 8. The summed E-state index contributed by atoms with van der Waals surface area (Å²) in [5, 5.41) is 0. The van der Waals surface area contributed by atoms with Crippen LogP contribution in [0.3, 0.4) is 0 Å². The molecule has 0 aromatic heterocycles. The highest BCUT2D eigenvalue weighted by molar-refractivity contribution is 4.75. The Morgan fingerprint density at radius 2 is 1.85 bits per heavy atom. The minimum absolute atomic E-state index is 0.165. The van der Waals surface area contributed by atoms with E-state index in [1.165, 1.54) is 0 Å². The Labute approximate surface area is 81.6 Å². The second-order valence-corrected chi connectivity index (χ2v) is 3.76. The van der Waals surface area contributed by atoms with Crippen molar-refractivity contribution in [1.29, 1.82) is 0 Å². The van der Waals surface area contributed by atoms with E-state index in [1.807, 2.05) is 6.92 Å². The number of hydrogen-bond acceptors (Lipinski definition) is 3. The number of methoxy groups -OCH3 is 1. The van der Waals surface area contributed by atoms with Crippen molar-refractivity contribution < 1.29 is 9.47 Å². The van der Waals surface area contributed by atoms with Gasteiger partial charge >= 0.3 is 0 Å². The van der Waals surface area contributed by atoms with Crippen LogP contribution in [-0.4, -0.2) is 32.5 Å². The van der Waals surface area contributed by atoms with Crippen LogP contribution in [0.4, 0.5) is 0 Å². The summed E-state index contributed by atoms with van der Waals surface area (Å²) in [4.78, 5) is 0. The molecule has 3 nitrogen and oxygen atoms in total. The van der Waals surface area contributed by atoms with E-state index in [0.717, 1.165) is 32.5 Å². The van der Waals surface area contributed by atoms with Gasteiger partial charge in [0.15, 0.2) is 0 Å². The maximum atomic E-state index is 5.91. The number of nitrogens with two attached hydrogens (primary N) is 1. The molecule has 0 aromatic carbocycles. The summed E-state index contributed by atoms with van der Waals surface area (Å²) in [6.45, 7) is 6.35. The molecule has 0 radical (unpaired) electrons. The van der Waals surface area contributed by atoms with Crippen molar-refractivity contribution in [3.05, 3.63) is 0 Å². The molecular weight excluding hydrogens is 166 g/mol. The highest BCUT2D eigenvalue weighted by Crippen LogP contribution is 2.05. The van der Waals surface area contributed by atoms with Crippen molar-refractivity contribution in [2.45, 2.75) is 38.6 Å². The summed E-state index contributed by atoms with van der Waals surface area (Å²) >= 11 is 0. The molecule has 0 rings (SSSR count). The number of unbranched alkanes of at least 4 members (excludes halogenated alkanes) is 1. The molecule has 3 heteroatoms. The molecule has 2 N–H and O–H groups in total. The van der Waals surface area contributed by atoms with E-state index in [-0.39, 0.29) is 5.54 Å². The summed E-state index contributed by atoms with van der Waals surface area (Å²) < 4.78 is 10.4.